The van der Waals surface area contributed by atoms with Crippen LogP contribution in [0.1, 0.15) is 31.7 Å². The van der Waals surface area contributed by atoms with Gasteiger partial charge in [0.25, 0.3) is 0 Å². The zero-order chi connectivity index (χ0) is 18.3. The summed E-state index contributed by atoms with van der Waals surface area (Å²) in [7, 11) is -1.56. The van der Waals surface area contributed by atoms with Crippen molar-refractivity contribution >= 4 is 15.9 Å². The number of piperidine rings is 1. The van der Waals surface area contributed by atoms with Gasteiger partial charge in [-0.3, -0.25) is 4.79 Å². The van der Waals surface area contributed by atoms with E-state index in [-0.39, 0.29) is 17.6 Å². The van der Waals surface area contributed by atoms with E-state index in [2.05, 4.69) is 5.32 Å². The second-order valence-electron chi connectivity index (χ2n) is 6.30. The third-order valence-electron chi connectivity index (χ3n) is 4.63. The Bertz CT molecular complexity index is 675. The fraction of sp³-hybridized carbons (Fsp3) is 0.611. The molecule has 6 nitrogen and oxygen atoms in total. The Labute approximate surface area is 150 Å². The van der Waals surface area contributed by atoms with E-state index >= 15 is 0 Å². The van der Waals surface area contributed by atoms with Gasteiger partial charge in [0.2, 0.25) is 15.9 Å². The average molecular weight is 368 g/mol. The molecule has 1 fully saturated rings. The van der Waals surface area contributed by atoms with Crippen molar-refractivity contribution < 1.29 is 17.9 Å². The first kappa shape index (κ1) is 19.7. The normalized spacial score (nSPS) is 18.7. The molecule has 1 aliphatic rings. The van der Waals surface area contributed by atoms with Crippen LogP contribution in [-0.4, -0.2) is 51.1 Å². The lowest BCUT2D eigenvalue weighted by molar-refractivity contribution is -0.126. The molecule has 7 heteroatoms. The van der Waals surface area contributed by atoms with E-state index in [4.69, 9.17) is 4.74 Å². The van der Waals surface area contributed by atoms with Gasteiger partial charge in [-0.05, 0) is 44.2 Å². The molecule has 0 saturated carbocycles. The zero-order valence-corrected chi connectivity index (χ0v) is 15.8. The summed E-state index contributed by atoms with van der Waals surface area (Å²) in [6.07, 6.45) is 3.12. The van der Waals surface area contributed by atoms with E-state index in [0.717, 1.165) is 37.0 Å². The van der Waals surface area contributed by atoms with Gasteiger partial charge >= 0.3 is 0 Å². The highest BCUT2D eigenvalue weighted by Crippen LogP contribution is 2.20. The van der Waals surface area contributed by atoms with Crippen LogP contribution in [0, 0.1) is 5.92 Å². The number of methoxy groups -OCH3 is 1. The molecule has 1 N–H and O–H groups in total. The quantitative estimate of drug-likeness (QED) is 0.710. The second kappa shape index (κ2) is 9.20. The Morgan fingerprint density at radius 1 is 1.36 bits per heavy atom. The predicted molar refractivity (Wildman–Crippen MR) is 98.1 cm³/mol. The molecule has 0 spiro atoms. The molecule has 0 aliphatic carbocycles. The average Bonchev–Trinajstić information content (AvgIpc) is 2.65. The summed E-state index contributed by atoms with van der Waals surface area (Å²) in [5.74, 6) is 0.652. The van der Waals surface area contributed by atoms with Gasteiger partial charge in [-0.25, -0.2) is 12.7 Å². The van der Waals surface area contributed by atoms with Crippen molar-refractivity contribution in [3.63, 3.8) is 0 Å². The van der Waals surface area contributed by atoms with Crippen molar-refractivity contribution in [3.8, 4) is 5.75 Å². The molecule has 1 aliphatic heterocycles. The smallest absolute Gasteiger partial charge is 0.224 e. The van der Waals surface area contributed by atoms with Gasteiger partial charge in [0.05, 0.1) is 18.8 Å². The molecule has 0 unspecified atom stereocenters. The highest BCUT2D eigenvalue weighted by Gasteiger charge is 2.31. The number of sulfonamides is 1. The minimum absolute atomic E-state index is 0.0453. The molecular weight excluding hydrogens is 340 g/mol. The van der Waals surface area contributed by atoms with Crippen molar-refractivity contribution in [2.24, 2.45) is 5.92 Å². The molecule has 0 aromatic heterocycles. The van der Waals surface area contributed by atoms with E-state index in [1.807, 2.05) is 24.3 Å². The Morgan fingerprint density at radius 3 is 2.84 bits per heavy atom. The molecule has 1 heterocycles. The number of hydrogen-bond donors (Lipinski definition) is 1. The first-order chi connectivity index (χ1) is 12.0. The fourth-order valence-corrected chi connectivity index (χ4v) is 4.32. The molecule has 25 heavy (non-hydrogen) atoms. The van der Waals surface area contributed by atoms with Crippen LogP contribution < -0.4 is 10.1 Å². The Hall–Kier alpha value is -1.60. The Morgan fingerprint density at radius 2 is 2.12 bits per heavy atom. The van der Waals surface area contributed by atoms with E-state index < -0.39 is 10.0 Å². The molecular formula is C18H28N2O4S. The third kappa shape index (κ3) is 5.44. The van der Waals surface area contributed by atoms with Crippen LogP contribution in [0.15, 0.2) is 24.3 Å². The molecule has 0 bridgehead atoms. The Balaban J connectivity index is 1.78. The fourth-order valence-electron chi connectivity index (χ4n) is 3.14. The maximum absolute atomic E-state index is 12.3. The Kier molecular flexibility index (Phi) is 7.25. The first-order valence-electron chi connectivity index (χ1n) is 8.85. The SMILES string of the molecule is CCS(=O)(=O)N1CCC[C@@H](C(=O)NCCCc2ccccc2OC)C1. The number of aryl methyl sites for hydroxylation is 1. The summed E-state index contributed by atoms with van der Waals surface area (Å²) >= 11 is 0. The molecule has 2 rings (SSSR count). The summed E-state index contributed by atoms with van der Waals surface area (Å²) < 4.78 is 30.7. The molecule has 1 aromatic carbocycles. The maximum atomic E-state index is 12.3. The van der Waals surface area contributed by atoms with Crippen LogP contribution in [0.3, 0.4) is 0 Å². The highest BCUT2D eigenvalue weighted by molar-refractivity contribution is 7.89. The maximum Gasteiger partial charge on any atom is 0.224 e. The van der Waals surface area contributed by atoms with Crippen LogP contribution in [0.2, 0.25) is 0 Å². The molecule has 1 atom stereocenters. The predicted octanol–water partition coefficient (Wildman–Crippen LogP) is 1.81. The largest absolute Gasteiger partial charge is 0.496 e. The van der Waals surface area contributed by atoms with Crippen LogP contribution in [0.4, 0.5) is 0 Å². The summed E-state index contributed by atoms with van der Waals surface area (Å²) in [4.78, 5) is 12.3. The lowest BCUT2D eigenvalue weighted by atomic mass is 9.99. The minimum atomic E-state index is -3.22. The monoisotopic (exact) mass is 368 g/mol. The molecule has 1 saturated heterocycles. The van der Waals surface area contributed by atoms with Crippen LogP contribution in [0.25, 0.3) is 0 Å². The lowest BCUT2D eigenvalue weighted by Crippen LogP contribution is -2.46. The number of carbonyl (C=O) groups is 1. The zero-order valence-electron chi connectivity index (χ0n) is 15.0. The standard InChI is InChI=1S/C18H28N2O4S/c1-3-25(22,23)20-13-7-10-16(14-20)18(21)19-12-6-9-15-8-4-5-11-17(15)24-2/h4-5,8,11,16H,3,6-7,9-10,12-14H2,1-2H3,(H,19,21)/t16-/m1/s1. The van der Waals surface area contributed by atoms with Gasteiger partial charge < -0.3 is 10.1 Å². The number of hydrogen-bond acceptors (Lipinski definition) is 4. The van der Waals surface area contributed by atoms with Gasteiger partial charge in [0.15, 0.2) is 0 Å². The summed E-state index contributed by atoms with van der Waals surface area (Å²) in [6.45, 7) is 3.03. The van der Waals surface area contributed by atoms with Gasteiger partial charge in [0, 0.05) is 19.6 Å². The number of para-hydroxylation sites is 1. The number of carbonyl (C=O) groups excluding carboxylic acids is 1. The number of ether oxygens (including phenoxy) is 1. The number of amides is 1. The van der Waals surface area contributed by atoms with Crippen LogP contribution in [-0.2, 0) is 21.2 Å². The van der Waals surface area contributed by atoms with Gasteiger partial charge in [0.1, 0.15) is 5.75 Å². The number of benzene rings is 1. The summed E-state index contributed by atoms with van der Waals surface area (Å²) in [5.41, 5.74) is 1.12. The van der Waals surface area contributed by atoms with Crippen molar-refractivity contribution in [1.82, 2.24) is 9.62 Å². The third-order valence-corrected chi connectivity index (χ3v) is 6.48. The van der Waals surface area contributed by atoms with E-state index in [0.29, 0.717) is 19.6 Å². The van der Waals surface area contributed by atoms with Crippen LogP contribution in [0.5, 0.6) is 5.75 Å². The number of nitrogens with one attached hydrogen (secondary N) is 1. The number of nitrogens with zero attached hydrogens (tertiary/aromatic N) is 1. The molecule has 140 valence electrons. The van der Waals surface area contributed by atoms with Gasteiger partial charge in [-0.1, -0.05) is 18.2 Å². The van der Waals surface area contributed by atoms with Gasteiger partial charge in [-0.2, -0.15) is 0 Å². The highest BCUT2D eigenvalue weighted by atomic mass is 32.2. The molecule has 0 radical (unpaired) electrons. The molecule has 1 aromatic rings. The minimum Gasteiger partial charge on any atom is -0.496 e. The number of rotatable bonds is 8. The molecule has 1 amide bonds. The van der Waals surface area contributed by atoms with Crippen molar-refractivity contribution in [3.05, 3.63) is 29.8 Å². The van der Waals surface area contributed by atoms with E-state index in [1.54, 1.807) is 14.0 Å². The second-order valence-corrected chi connectivity index (χ2v) is 8.56. The van der Waals surface area contributed by atoms with E-state index in [9.17, 15) is 13.2 Å². The van der Waals surface area contributed by atoms with Crippen molar-refractivity contribution in [1.29, 1.82) is 0 Å². The topological polar surface area (TPSA) is 75.7 Å². The van der Waals surface area contributed by atoms with Crippen molar-refractivity contribution in [2.45, 2.75) is 32.6 Å². The van der Waals surface area contributed by atoms with E-state index in [1.165, 1.54) is 4.31 Å². The lowest BCUT2D eigenvalue weighted by Gasteiger charge is -2.30. The van der Waals surface area contributed by atoms with Gasteiger partial charge in [-0.15, -0.1) is 0 Å². The van der Waals surface area contributed by atoms with Crippen LogP contribution >= 0.6 is 0 Å². The summed E-state index contributed by atoms with van der Waals surface area (Å²) in [5, 5.41) is 2.95. The summed E-state index contributed by atoms with van der Waals surface area (Å²) in [6, 6.07) is 7.86. The first-order valence-corrected chi connectivity index (χ1v) is 10.5. The van der Waals surface area contributed by atoms with Crippen molar-refractivity contribution in [2.75, 3.05) is 32.5 Å².